The van der Waals surface area contributed by atoms with E-state index in [2.05, 4.69) is 5.32 Å². The van der Waals surface area contributed by atoms with Gasteiger partial charge in [0.05, 0.1) is 10.5 Å². The molecule has 260 valence electrons. The number of anilines is 1. The van der Waals surface area contributed by atoms with Crippen molar-refractivity contribution in [2.75, 3.05) is 11.6 Å². The van der Waals surface area contributed by atoms with Crippen LogP contribution in [-0.2, 0) is 37.7 Å². The Morgan fingerprint density at radius 2 is 1.50 bits per heavy atom. The van der Waals surface area contributed by atoms with Crippen molar-refractivity contribution < 1.29 is 62.6 Å². The number of amides is 2. The third-order valence-electron chi connectivity index (χ3n) is 7.65. The lowest BCUT2D eigenvalue weighted by Gasteiger charge is -2.32. The van der Waals surface area contributed by atoms with E-state index >= 15 is 0 Å². The fourth-order valence-electron chi connectivity index (χ4n) is 5.47. The lowest BCUT2D eigenvalue weighted by molar-refractivity contribution is -0.376. The van der Waals surface area contributed by atoms with E-state index < -0.39 is 73.4 Å². The summed E-state index contributed by atoms with van der Waals surface area (Å²) >= 11 is 0. The zero-order valence-electron chi connectivity index (χ0n) is 25.2. The second kappa shape index (κ2) is 12.4. The minimum absolute atomic E-state index is 0.0542. The monoisotopic (exact) mass is 710 g/mol. The summed E-state index contributed by atoms with van der Waals surface area (Å²) in [6.45, 7) is 3.17. The quantitative estimate of drug-likeness (QED) is 0.254. The minimum atomic E-state index is -6.13. The van der Waals surface area contributed by atoms with Crippen LogP contribution in [0.4, 0.5) is 45.2 Å². The van der Waals surface area contributed by atoms with E-state index in [4.69, 9.17) is 0 Å². The molecule has 1 atom stereocenters. The topological polar surface area (TPSA) is 104 Å². The number of carbonyl (C=O) groups excluding carboxylic acids is 2. The second-order valence-electron chi connectivity index (χ2n) is 11.7. The number of fused-ring (bicyclic) bond motifs is 1. The summed E-state index contributed by atoms with van der Waals surface area (Å²) < 4.78 is 147. The number of alkyl halides is 9. The van der Waals surface area contributed by atoms with Crippen LogP contribution in [-0.4, -0.2) is 48.8 Å². The first-order valence-corrected chi connectivity index (χ1v) is 15.9. The van der Waals surface area contributed by atoms with Gasteiger partial charge in [-0.3, -0.25) is 9.59 Å². The molecule has 4 rings (SSSR count). The molecule has 1 unspecified atom stereocenters. The Morgan fingerprint density at radius 1 is 0.917 bits per heavy atom. The Kier molecular flexibility index (Phi) is 9.48. The van der Waals surface area contributed by atoms with Crippen LogP contribution >= 0.6 is 0 Å². The van der Waals surface area contributed by atoms with Crippen LogP contribution in [0.3, 0.4) is 0 Å². The summed E-state index contributed by atoms with van der Waals surface area (Å²) in [5.74, 6) is -1.67. The van der Waals surface area contributed by atoms with E-state index in [1.54, 1.807) is 13.8 Å². The summed E-state index contributed by atoms with van der Waals surface area (Å²) in [5.41, 5.74) is -8.59. The largest absolute Gasteiger partial charge is 0.430 e. The highest BCUT2D eigenvalue weighted by Crippen LogP contribution is 2.50. The molecular weight excluding hydrogens is 683 g/mol. The lowest BCUT2D eigenvalue weighted by atomic mass is 9.92. The number of hydrogen-bond acceptors (Lipinski definition) is 5. The summed E-state index contributed by atoms with van der Waals surface area (Å²) in [5, 5.41) is 12.0. The van der Waals surface area contributed by atoms with E-state index in [1.807, 2.05) is 0 Å². The number of hydrogen-bond donors (Lipinski definition) is 2. The summed E-state index contributed by atoms with van der Waals surface area (Å²) in [7, 11) is -4.32. The number of halogens is 9. The SMILES string of the molecule is CC(C)CC(=O)N1Cc2cc(-c3cccc(S(C)(=O)=O)c3C(F)(F)F)ccc2C1C(=O)Nc1ccc(C(O)(C(F)(F)F)C(F)(F)F)cc1. The van der Waals surface area contributed by atoms with Gasteiger partial charge in [0.2, 0.25) is 5.91 Å². The Morgan fingerprint density at radius 3 is 2.00 bits per heavy atom. The highest BCUT2D eigenvalue weighted by Gasteiger charge is 2.71. The predicted octanol–water partition coefficient (Wildman–Crippen LogP) is 7.16. The molecule has 1 heterocycles. The van der Waals surface area contributed by atoms with Crippen molar-refractivity contribution >= 4 is 27.3 Å². The predicted molar refractivity (Wildman–Crippen MR) is 154 cm³/mol. The Labute approximate surface area is 268 Å². The first-order valence-electron chi connectivity index (χ1n) is 14.0. The van der Waals surface area contributed by atoms with Crippen LogP contribution in [0.15, 0.2) is 65.6 Å². The maximum absolute atomic E-state index is 14.2. The molecule has 0 saturated heterocycles. The maximum Gasteiger partial charge on any atom is 0.430 e. The van der Waals surface area contributed by atoms with Gasteiger partial charge in [-0.1, -0.05) is 50.2 Å². The molecule has 0 aromatic heterocycles. The molecule has 7 nitrogen and oxygen atoms in total. The number of nitrogens with one attached hydrogen (secondary N) is 1. The van der Waals surface area contributed by atoms with E-state index in [1.165, 1.54) is 18.2 Å². The Bertz CT molecular complexity index is 1820. The molecule has 3 aromatic carbocycles. The number of benzene rings is 3. The standard InChI is InChI=1S/C31H27F9N2O5S/c1-16(2)13-24(43)42-15-18-14-17(21-5-4-6-23(48(3,46)47)25(21)29(32,33)34)7-12-22(18)26(42)27(44)41-20-10-8-19(9-11-20)28(45,30(35,36)37)31(38,39)40/h4-12,14,16,26,45H,13,15H2,1-3H3,(H,41,44). The van der Waals surface area contributed by atoms with Crippen LogP contribution in [0.1, 0.15) is 48.6 Å². The molecule has 0 saturated carbocycles. The average Bonchev–Trinajstić information content (AvgIpc) is 3.33. The van der Waals surface area contributed by atoms with Gasteiger partial charge in [-0.05, 0) is 52.4 Å². The van der Waals surface area contributed by atoms with Gasteiger partial charge in [0.1, 0.15) is 6.04 Å². The summed E-state index contributed by atoms with van der Waals surface area (Å²) in [6, 6.07) is 7.43. The fraction of sp³-hybridized carbons (Fsp3) is 0.355. The smallest absolute Gasteiger partial charge is 0.369 e. The molecule has 2 N–H and O–H groups in total. The van der Waals surface area contributed by atoms with Crippen LogP contribution in [0.2, 0.25) is 0 Å². The summed E-state index contributed by atoms with van der Waals surface area (Å²) in [6.07, 6.45) is -16.8. The molecule has 3 aromatic rings. The van der Waals surface area contributed by atoms with Crippen LogP contribution < -0.4 is 5.32 Å². The van der Waals surface area contributed by atoms with Gasteiger partial charge in [-0.15, -0.1) is 0 Å². The average molecular weight is 711 g/mol. The molecule has 0 fully saturated rings. The summed E-state index contributed by atoms with van der Waals surface area (Å²) in [4.78, 5) is 26.9. The van der Waals surface area contributed by atoms with Crippen molar-refractivity contribution in [3.8, 4) is 11.1 Å². The fourth-order valence-corrected chi connectivity index (χ4v) is 6.39. The number of carbonyl (C=O) groups is 2. The van der Waals surface area contributed by atoms with Gasteiger partial charge >= 0.3 is 18.5 Å². The molecule has 2 amide bonds. The van der Waals surface area contributed by atoms with Crippen molar-refractivity contribution in [2.24, 2.45) is 5.92 Å². The maximum atomic E-state index is 14.2. The molecule has 0 bridgehead atoms. The van der Waals surface area contributed by atoms with E-state index in [9.17, 15) is 62.6 Å². The van der Waals surface area contributed by atoms with E-state index in [0.717, 1.165) is 23.1 Å². The van der Waals surface area contributed by atoms with Gasteiger partial charge in [-0.2, -0.15) is 39.5 Å². The van der Waals surface area contributed by atoms with Gasteiger partial charge in [0.15, 0.2) is 9.84 Å². The number of nitrogens with zero attached hydrogens (tertiary/aromatic N) is 1. The highest BCUT2D eigenvalue weighted by molar-refractivity contribution is 7.90. The zero-order chi connectivity index (χ0) is 36.2. The van der Waals surface area contributed by atoms with Crippen molar-refractivity contribution in [1.29, 1.82) is 0 Å². The second-order valence-corrected chi connectivity index (χ2v) is 13.6. The number of aliphatic hydroxyl groups is 1. The first kappa shape index (κ1) is 36.7. The van der Waals surface area contributed by atoms with Crippen LogP contribution in [0.5, 0.6) is 0 Å². The third-order valence-corrected chi connectivity index (χ3v) is 8.79. The zero-order valence-corrected chi connectivity index (χ0v) is 26.0. The van der Waals surface area contributed by atoms with Gasteiger partial charge < -0.3 is 15.3 Å². The first-order chi connectivity index (χ1) is 21.9. The molecule has 1 aliphatic rings. The normalized spacial score (nSPS) is 15.9. The van der Waals surface area contributed by atoms with E-state index in [0.29, 0.717) is 30.5 Å². The number of rotatable bonds is 7. The van der Waals surface area contributed by atoms with Gasteiger partial charge in [-0.25, -0.2) is 8.42 Å². The lowest BCUT2D eigenvalue weighted by Crippen LogP contribution is -2.53. The molecule has 0 spiro atoms. The van der Waals surface area contributed by atoms with Crippen molar-refractivity contribution in [3.63, 3.8) is 0 Å². The molecule has 1 aliphatic heterocycles. The van der Waals surface area contributed by atoms with Crippen LogP contribution in [0, 0.1) is 5.92 Å². The van der Waals surface area contributed by atoms with Gasteiger partial charge in [0.25, 0.3) is 11.5 Å². The molecule has 0 radical (unpaired) electrons. The Balaban J connectivity index is 1.75. The molecule has 0 aliphatic carbocycles. The molecule has 17 heteroatoms. The minimum Gasteiger partial charge on any atom is -0.369 e. The van der Waals surface area contributed by atoms with Crippen molar-refractivity contribution in [1.82, 2.24) is 4.90 Å². The Hall–Kier alpha value is -4.12. The molecule has 48 heavy (non-hydrogen) atoms. The number of sulfone groups is 1. The van der Waals surface area contributed by atoms with Crippen molar-refractivity contribution in [2.45, 2.75) is 61.9 Å². The van der Waals surface area contributed by atoms with Crippen LogP contribution in [0.25, 0.3) is 11.1 Å². The highest BCUT2D eigenvalue weighted by atomic mass is 32.2. The third kappa shape index (κ3) is 6.88. The van der Waals surface area contributed by atoms with E-state index in [-0.39, 0.29) is 41.3 Å². The molecular formula is C31H27F9N2O5S. The van der Waals surface area contributed by atoms with Crippen molar-refractivity contribution in [3.05, 3.63) is 82.9 Å². The van der Waals surface area contributed by atoms with Gasteiger partial charge in [0, 0.05) is 30.5 Å².